The van der Waals surface area contributed by atoms with Crippen molar-refractivity contribution in [3.63, 3.8) is 0 Å². The van der Waals surface area contributed by atoms with Crippen LogP contribution in [-0.2, 0) is 0 Å². The molecular formula is C12H11N5O. The Labute approximate surface area is 103 Å². The minimum Gasteiger partial charge on any atom is -0.461 e. The summed E-state index contributed by atoms with van der Waals surface area (Å²) in [5, 5.41) is 4.19. The van der Waals surface area contributed by atoms with Crippen molar-refractivity contribution in [1.29, 1.82) is 0 Å². The molecule has 3 aromatic rings. The van der Waals surface area contributed by atoms with E-state index in [1.165, 1.54) is 0 Å². The van der Waals surface area contributed by atoms with Crippen molar-refractivity contribution in [2.45, 2.75) is 6.92 Å². The van der Waals surface area contributed by atoms with Gasteiger partial charge in [-0.2, -0.15) is 5.10 Å². The van der Waals surface area contributed by atoms with Gasteiger partial charge in [0.2, 0.25) is 0 Å². The second-order valence-corrected chi connectivity index (χ2v) is 3.91. The number of hydrogen-bond donors (Lipinski definition) is 1. The maximum absolute atomic E-state index is 5.78. The molecule has 0 radical (unpaired) electrons. The average Bonchev–Trinajstić information content (AvgIpc) is 2.98. The van der Waals surface area contributed by atoms with Crippen LogP contribution in [0.4, 0.5) is 5.82 Å². The zero-order valence-electron chi connectivity index (χ0n) is 9.74. The number of nitrogens with zero attached hydrogens (tertiary/aromatic N) is 4. The van der Waals surface area contributed by atoms with Gasteiger partial charge >= 0.3 is 0 Å². The Bertz CT molecular complexity index is 672. The predicted molar refractivity (Wildman–Crippen MR) is 66.0 cm³/mol. The van der Waals surface area contributed by atoms with E-state index < -0.39 is 0 Å². The van der Waals surface area contributed by atoms with E-state index >= 15 is 0 Å². The number of nitrogen functional groups attached to an aromatic ring is 1. The van der Waals surface area contributed by atoms with Crippen molar-refractivity contribution >= 4 is 5.82 Å². The Balaban J connectivity index is 2.11. The molecule has 0 saturated heterocycles. The number of nitrogens with two attached hydrogens (primary N) is 1. The molecule has 2 N–H and O–H groups in total. The summed E-state index contributed by atoms with van der Waals surface area (Å²) in [5.41, 5.74) is 6.82. The summed E-state index contributed by atoms with van der Waals surface area (Å²) in [5.74, 6) is 2.01. The Morgan fingerprint density at radius 1 is 1.33 bits per heavy atom. The predicted octanol–water partition coefficient (Wildman–Crippen LogP) is 1.81. The van der Waals surface area contributed by atoms with Gasteiger partial charge in [-0.15, -0.1) is 0 Å². The monoisotopic (exact) mass is 241 g/mol. The van der Waals surface area contributed by atoms with Crippen LogP contribution >= 0.6 is 0 Å². The minimum absolute atomic E-state index is 0.375. The maximum atomic E-state index is 5.78. The fraction of sp³-hybridized carbons (Fsp3) is 0.0833. The normalized spacial score (nSPS) is 10.7. The molecule has 0 atom stereocenters. The van der Waals surface area contributed by atoms with Crippen molar-refractivity contribution in [1.82, 2.24) is 19.7 Å². The fourth-order valence-corrected chi connectivity index (χ4v) is 1.62. The number of hydrogen-bond acceptors (Lipinski definition) is 5. The molecule has 3 heterocycles. The van der Waals surface area contributed by atoms with Gasteiger partial charge in [0.15, 0.2) is 17.4 Å². The zero-order valence-corrected chi connectivity index (χ0v) is 9.74. The van der Waals surface area contributed by atoms with Crippen molar-refractivity contribution in [2.24, 2.45) is 0 Å². The molecule has 0 bridgehead atoms. The van der Waals surface area contributed by atoms with E-state index in [-0.39, 0.29) is 0 Å². The summed E-state index contributed by atoms with van der Waals surface area (Å²) in [4.78, 5) is 8.52. The van der Waals surface area contributed by atoms with Crippen molar-refractivity contribution in [3.8, 4) is 17.4 Å². The van der Waals surface area contributed by atoms with E-state index in [9.17, 15) is 0 Å². The van der Waals surface area contributed by atoms with E-state index in [0.29, 0.717) is 23.2 Å². The first-order valence-corrected chi connectivity index (χ1v) is 5.42. The molecule has 0 fully saturated rings. The summed E-state index contributed by atoms with van der Waals surface area (Å²) >= 11 is 0. The van der Waals surface area contributed by atoms with Crippen LogP contribution in [0.1, 0.15) is 5.56 Å². The Morgan fingerprint density at radius 3 is 2.89 bits per heavy atom. The van der Waals surface area contributed by atoms with Gasteiger partial charge in [0, 0.05) is 12.3 Å². The highest BCUT2D eigenvalue weighted by Gasteiger charge is 2.09. The molecule has 6 nitrogen and oxygen atoms in total. The van der Waals surface area contributed by atoms with E-state index in [2.05, 4.69) is 15.1 Å². The number of rotatable bonds is 2. The minimum atomic E-state index is 0.375. The molecule has 3 rings (SSSR count). The summed E-state index contributed by atoms with van der Waals surface area (Å²) < 4.78 is 6.91. The summed E-state index contributed by atoms with van der Waals surface area (Å²) in [6.45, 7) is 1.96. The lowest BCUT2D eigenvalue weighted by molar-refractivity contribution is 0.577. The molecule has 0 amide bonds. The van der Waals surface area contributed by atoms with Gasteiger partial charge in [-0.3, -0.25) is 0 Å². The summed E-state index contributed by atoms with van der Waals surface area (Å²) in [6.07, 6.45) is 5.19. The average molecular weight is 241 g/mol. The van der Waals surface area contributed by atoms with Crippen LogP contribution in [0.2, 0.25) is 0 Å². The lowest BCUT2D eigenvalue weighted by Gasteiger charge is -2.03. The summed E-state index contributed by atoms with van der Waals surface area (Å²) in [7, 11) is 0. The van der Waals surface area contributed by atoms with Gasteiger partial charge in [0.1, 0.15) is 5.82 Å². The highest BCUT2D eigenvalue weighted by Crippen LogP contribution is 2.18. The van der Waals surface area contributed by atoms with Crippen LogP contribution in [0.5, 0.6) is 0 Å². The molecular weight excluding hydrogens is 230 g/mol. The van der Waals surface area contributed by atoms with Crippen molar-refractivity contribution in [3.05, 3.63) is 42.4 Å². The van der Waals surface area contributed by atoms with Gasteiger partial charge < -0.3 is 10.2 Å². The summed E-state index contributed by atoms with van der Waals surface area (Å²) in [6, 6.07) is 5.23. The van der Waals surface area contributed by atoms with Crippen molar-refractivity contribution in [2.75, 3.05) is 5.73 Å². The first-order valence-electron chi connectivity index (χ1n) is 5.42. The highest BCUT2D eigenvalue weighted by molar-refractivity contribution is 5.52. The molecule has 6 heteroatoms. The van der Waals surface area contributed by atoms with Crippen LogP contribution in [0.25, 0.3) is 17.4 Å². The van der Waals surface area contributed by atoms with Gasteiger partial charge in [-0.25, -0.2) is 14.6 Å². The first-order chi connectivity index (χ1) is 8.72. The fourth-order valence-electron chi connectivity index (χ4n) is 1.62. The quantitative estimate of drug-likeness (QED) is 0.739. The highest BCUT2D eigenvalue weighted by atomic mass is 16.3. The van der Waals surface area contributed by atoms with Gasteiger partial charge in [0.25, 0.3) is 0 Å². The third kappa shape index (κ3) is 1.84. The Morgan fingerprint density at radius 2 is 2.22 bits per heavy atom. The second kappa shape index (κ2) is 3.99. The topological polar surface area (TPSA) is 82.8 Å². The molecule has 90 valence electrons. The second-order valence-electron chi connectivity index (χ2n) is 3.91. The first kappa shape index (κ1) is 10.5. The third-order valence-electron chi connectivity index (χ3n) is 2.42. The van der Waals surface area contributed by atoms with Crippen LogP contribution < -0.4 is 5.73 Å². The molecule has 3 aromatic heterocycles. The van der Waals surface area contributed by atoms with Crippen LogP contribution in [0, 0.1) is 6.92 Å². The number of aromatic nitrogens is 4. The van der Waals surface area contributed by atoms with E-state index in [0.717, 1.165) is 5.56 Å². The largest absolute Gasteiger partial charge is 0.461 e. The molecule has 0 aliphatic heterocycles. The number of aryl methyl sites for hydroxylation is 1. The molecule has 0 spiro atoms. The number of anilines is 1. The lowest BCUT2D eigenvalue weighted by Crippen LogP contribution is -2.03. The van der Waals surface area contributed by atoms with Crippen LogP contribution in [0.3, 0.4) is 0 Å². The lowest BCUT2D eigenvalue weighted by atomic mass is 10.4. The van der Waals surface area contributed by atoms with Gasteiger partial charge in [-0.1, -0.05) is 0 Å². The SMILES string of the molecule is Cc1cnn(-c2cc(N)nc(-c3ccco3)n2)c1. The molecule has 18 heavy (non-hydrogen) atoms. The zero-order chi connectivity index (χ0) is 12.5. The molecule has 0 saturated carbocycles. The smallest absolute Gasteiger partial charge is 0.199 e. The molecule has 0 aliphatic carbocycles. The molecule has 0 aromatic carbocycles. The maximum Gasteiger partial charge on any atom is 0.199 e. The van der Waals surface area contributed by atoms with Crippen LogP contribution in [0.15, 0.2) is 41.3 Å². The number of furan rings is 1. The van der Waals surface area contributed by atoms with E-state index in [4.69, 9.17) is 10.2 Å². The molecule has 0 unspecified atom stereocenters. The Kier molecular flexibility index (Phi) is 2.33. The van der Waals surface area contributed by atoms with Gasteiger partial charge in [-0.05, 0) is 24.6 Å². The van der Waals surface area contributed by atoms with E-state index in [1.54, 1.807) is 35.3 Å². The third-order valence-corrected chi connectivity index (χ3v) is 2.42. The van der Waals surface area contributed by atoms with E-state index in [1.807, 2.05) is 13.1 Å². The Hall–Kier alpha value is -2.63. The van der Waals surface area contributed by atoms with Crippen LogP contribution in [-0.4, -0.2) is 19.7 Å². The molecule has 0 aliphatic rings. The standard InChI is InChI=1S/C12H11N5O/c1-8-6-14-17(7-8)11-5-10(13)15-12(16-11)9-3-2-4-18-9/h2-7H,1H3,(H2,13,15,16). The van der Waals surface area contributed by atoms with Gasteiger partial charge in [0.05, 0.1) is 12.5 Å². The van der Waals surface area contributed by atoms with Crippen molar-refractivity contribution < 1.29 is 4.42 Å².